The summed E-state index contributed by atoms with van der Waals surface area (Å²) >= 11 is 0. The molecule has 12 heteroatoms. The van der Waals surface area contributed by atoms with E-state index in [-0.39, 0.29) is 45.6 Å². The second kappa shape index (κ2) is 9.94. The highest BCUT2D eigenvalue weighted by atomic mass is 32.2. The minimum absolute atomic E-state index is 0.0300. The summed E-state index contributed by atoms with van der Waals surface area (Å²) < 4.78 is 68.3. The average Bonchev–Trinajstić information content (AvgIpc) is 2.78. The van der Waals surface area contributed by atoms with Gasteiger partial charge in [-0.2, -0.15) is 17.5 Å². The number of ether oxygens (including phenoxy) is 1. The zero-order chi connectivity index (χ0) is 23.4. The molecule has 2 aliphatic rings. The summed E-state index contributed by atoms with van der Waals surface area (Å²) in [6, 6.07) is 7.23. The number of carbonyl (C=O) groups excluding carboxylic acids is 1. The lowest BCUT2D eigenvalue weighted by molar-refractivity contribution is -0.135. The van der Waals surface area contributed by atoms with Crippen molar-refractivity contribution in [2.24, 2.45) is 0 Å². The molecule has 0 atom stereocenters. The van der Waals surface area contributed by atoms with Crippen LogP contribution in [-0.2, 0) is 26.0 Å². The Morgan fingerprint density at radius 3 is 2.22 bits per heavy atom. The molecule has 0 aromatic heterocycles. The van der Waals surface area contributed by atoms with Gasteiger partial charge in [0.25, 0.3) is 5.91 Å². The predicted molar refractivity (Wildman–Crippen MR) is 111 cm³/mol. The van der Waals surface area contributed by atoms with Gasteiger partial charge in [-0.1, -0.05) is 12.1 Å². The van der Waals surface area contributed by atoms with Gasteiger partial charge in [0.2, 0.25) is 10.0 Å². The van der Waals surface area contributed by atoms with Crippen LogP contribution in [0.15, 0.2) is 24.3 Å². The van der Waals surface area contributed by atoms with E-state index in [0.717, 1.165) is 11.3 Å². The van der Waals surface area contributed by atoms with Gasteiger partial charge >= 0.3 is 6.18 Å². The van der Waals surface area contributed by atoms with E-state index in [1.165, 1.54) is 9.79 Å². The molecule has 0 radical (unpaired) electrons. The van der Waals surface area contributed by atoms with Crippen LogP contribution in [0.1, 0.15) is 31.2 Å². The summed E-state index contributed by atoms with van der Waals surface area (Å²) in [7, 11) is -4.03. The van der Waals surface area contributed by atoms with Gasteiger partial charge in [-0.3, -0.25) is 10.0 Å². The summed E-state index contributed by atoms with van der Waals surface area (Å²) in [6.45, 7) is 1.39. The molecule has 0 saturated carbocycles. The predicted octanol–water partition coefficient (Wildman–Crippen LogP) is 2.08. The van der Waals surface area contributed by atoms with Crippen LogP contribution in [0.4, 0.5) is 18.9 Å². The highest BCUT2D eigenvalue weighted by molar-refractivity contribution is 7.91. The van der Waals surface area contributed by atoms with Crippen LogP contribution in [-0.4, -0.2) is 74.2 Å². The number of nitrogens with zero attached hydrogens (tertiary/aromatic N) is 2. The summed E-state index contributed by atoms with van der Waals surface area (Å²) in [5, 5.41) is 9.13. The number of aryl methyl sites for hydroxylation is 1. The lowest BCUT2D eigenvalue weighted by Gasteiger charge is -2.42. The number of hydrogen-bond acceptors (Lipinski definition) is 6. The standard InChI is InChI=1S/C20H28F3N3O5S/c21-20(22,23)7-1-2-16-3-5-17(6-4-16)25-10-12-26(13-11-25)32(29,30)19(18(27)24-28)8-14-31-15-9-19/h3-6,28H,1-2,7-15H2,(H,24,27). The van der Waals surface area contributed by atoms with Crippen molar-refractivity contribution < 1.29 is 36.3 Å². The lowest BCUT2D eigenvalue weighted by atomic mass is 9.98. The molecule has 8 nitrogen and oxygen atoms in total. The van der Waals surface area contributed by atoms with E-state index in [4.69, 9.17) is 9.94 Å². The number of piperazine rings is 1. The topological polar surface area (TPSA) is 99.2 Å². The van der Waals surface area contributed by atoms with Crippen LogP contribution < -0.4 is 10.4 Å². The number of carbonyl (C=O) groups is 1. The van der Waals surface area contributed by atoms with Crippen molar-refractivity contribution in [1.29, 1.82) is 0 Å². The van der Waals surface area contributed by atoms with E-state index in [0.29, 0.717) is 19.5 Å². The summed E-state index contributed by atoms with van der Waals surface area (Å²) in [5.74, 6) is -0.940. The number of nitrogens with one attached hydrogen (secondary N) is 1. The Morgan fingerprint density at radius 1 is 1.09 bits per heavy atom. The van der Waals surface area contributed by atoms with Gasteiger partial charge in [0, 0.05) is 64.3 Å². The van der Waals surface area contributed by atoms with Crippen molar-refractivity contribution in [2.75, 3.05) is 44.3 Å². The number of sulfonamides is 1. The molecule has 0 bridgehead atoms. The van der Waals surface area contributed by atoms with E-state index in [2.05, 4.69) is 0 Å². The Morgan fingerprint density at radius 2 is 1.69 bits per heavy atom. The molecule has 180 valence electrons. The van der Waals surface area contributed by atoms with E-state index < -0.39 is 33.3 Å². The number of hydrogen-bond donors (Lipinski definition) is 2. The molecule has 3 rings (SSSR count). The van der Waals surface area contributed by atoms with E-state index >= 15 is 0 Å². The summed E-state index contributed by atoms with van der Waals surface area (Å²) in [4.78, 5) is 14.3. The Labute approximate surface area is 185 Å². The van der Waals surface area contributed by atoms with Gasteiger partial charge in [0.1, 0.15) is 0 Å². The van der Waals surface area contributed by atoms with Crippen molar-refractivity contribution in [1.82, 2.24) is 9.79 Å². The van der Waals surface area contributed by atoms with Gasteiger partial charge in [0.15, 0.2) is 4.75 Å². The number of hydroxylamine groups is 1. The molecule has 2 fully saturated rings. The van der Waals surface area contributed by atoms with Crippen LogP contribution in [0, 0.1) is 0 Å². The minimum Gasteiger partial charge on any atom is -0.381 e. The smallest absolute Gasteiger partial charge is 0.381 e. The third-order valence-corrected chi connectivity index (χ3v) is 8.74. The van der Waals surface area contributed by atoms with E-state index in [1.807, 2.05) is 17.0 Å². The van der Waals surface area contributed by atoms with Gasteiger partial charge in [-0.15, -0.1) is 0 Å². The van der Waals surface area contributed by atoms with Crippen molar-refractivity contribution >= 4 is 21.6 Å². The maximum absolute atomic E-state index is 13.3. The molecule has 0 aliphatic carbocycles. The third kappa shape index (κ3) is 5.36. The highest BCUT2D eigenvalue weighted by Gasteiger charge is 2.54. The Balaban J connectivity index is 1.61. The molecular weight excluding hydrogens is 451 g/mol. The number of rotatable bonds is 7. The Bertz CT molecular complexity index is 879. The Hall–Kier alpha value is -1.89. The van der Waals surface area contributed by atoms with Crippen LogP contribution in [0.5, 0.6) is 0 Å². The zero-order valence-corrected chi connectivity index (χ0v) is 18.4. The second-order valence-electron chi connectivity index (χ2n) is 8.07. The fourth-order valence-electron chi connectivity index (χ4n) is 4.21. The van der Waals surface area contributed by atoms with Crippen molar-refractivity contribution in [3.63, 3.8) is 0 Å². The van der Waals surface area contributed by atoms with Crippen molar-refractivity contribution in [2.45, 2.75) is 43.0 Å². The summed E-state index contributed by atoms with van der Waals surface area (Å²) in [5.41, 5.74) is 3.18. The number of alkyl halides is 3. The Kier molecular flexibility index (Phi) is 7.69. The molecule has 2 heterocycles. The SMILES string of the molecule is O=C(NO)C1(S(=O)(=O)N2CCN(c3ccc(CCCC(F)(F)F)cc3)CC2)CCOCC1. The normalized spacial score (nSPS) is 20.2. The monoisotopic (exact) mass is 479 g/mol. The van der Waals surface area contributed by atoms with E-state index in [9.17, 15) is 26.4 Å². The fraction of sp³-hybridized carbons (Fsp3) is 0.650. The molecule has 1 amide bonds. The van der Waals surface area contributed by atoms with Crippen LogP contribution >= 0.6 is 0 Å². The summed E-state index contributed by atoms with van der Waals surface area (Å²) in [6.07, 6.45) is -4.65. The molecule has 1 aromatic rings. The first-order valence-electron chi connectivity index (χ1n) is 10.5. The molecular formula is C20H28F3N3O5S. The van der Waals surface area contributed by atoms with Gasteiger partial charge < -0.3 is 9.64 Å². The first-order valence-corrected chi connectivity index (χ1v) is 12.0. The zero-order valence-electron chi connectivity index (χ0n) is 17.6. The molecule has 0 unspecified atom stereocenters. The maximum Gasteiger partial charge on any atom is 0.389 e. The quantitative estimate of drug-likeness (QED) is 0.459. The van der Waals surface area contributed by atoms with Gasteiger partial charge in [-0.05, 0) is 30.5 Å². The lowest BCUT2D eigenvalue weighted by Crippen LogP contribution is -2.62. The molecule has 0 spiro atoms. The minimum atomic E-state index is -4.15. The largest absolute Gasteiger partial charge is 0.389 e. The fourth-order valence-corrected chi connectivity index (χ4v) is 6.31. The molecule has 2 aliphatic heterocycles. The van der Waals surface area contributed by atoms with Crippen LogP contribution in [0.2, 0.25) is 0 Å². The molecule has 32 heavy (non-hydrogen) atoms. The number of anilines is 1. The number of halogens is 3. The first kappa shape index (κ1) is 24.7. The number of amides is 1. The number of benzene rings is 1. The van der Waals surface area contributed by atoms with Crippen LogP contribution in [0.25, 0.3) is 0 Å². The first-order chi connectivity index (χ1) is 15.1. The molecule has 2 N–H and O–H groups in total. The van der Waals surface area contributed by atoms with Gasteiger partial charge in [-0.25, -0.2) is 13.9 Å². The average molecular weight is 480 g/mol. The molecule has 2 saturated heterocycles. The molecule has 1 aromatic carbocycles. The maximum atomic E-state index is 13.3. The highest BCUT2D eigenvalue weighted by Crippen LogP contribution is 2.34. The van der Waals surface area contributed by atoms with Gasteiger partial charge in [0.05, 0.1) is 0 Å². The van der Waals surface area contributed by atoms with E-state index in [1.54, 1.807) is 12.1 Å². The van der Waals surface area contributed by atoms with Crippen molar-refractivity contribution in [3.8, 4) is 0 Å². The third-order valence-electron chi connectivity index (χ3n) is 6.12. The van der Waals surface area contributed by atoms with Crippen LogP contribution in [0.3, 0.4) is 0 Å². The second-order valence-corrected chi connectivity index (χ2v) is 10.3. The van der Waals surface area contributed by atoms with Crippen molar-refractivity contribution in [3.05, 3.63) is 29.8 Å².